The van der Waals surface area contributed by atoms with Crippen LogP contribution in [0.2, 0.25) is 0 Å². The van der Waals surface area contributed by atoms with Crippen LogP contribution >= 0.6 is 0 Å². The van der Waals surface area contributed by atoms with E-state index in [1.54, 1.807) is 13.8 Å². The summed E-state index contributed by atoms with van der Waals surface area (Å²) in [6.07, 6.45) is 0. The zero-order valence-electron chi connectivity index (χ0n) is 13.0. The molecule has 0 aromatic heterocycles. The number of carbonyl (C=O) groups is 4. The Balaban J connectivity index is 4.63. The molecule has 0 spiro atoms. The van der Waals surface area contributed by atoms with Gasteiger partial charge in [0.05, 0.1) is 0 Å². The summed E-state index contributed by atoms with van der Waals surface area (Å²) in [5.41, 5.74) is 5.04. The van der Waals surface area contributed by atoms with E-state index in [0.717, 1.165) is 0 Å². The Morgan fingerprint density at radius 1 is 0.810 bits per heavy atom. The average molecular weight is 300 g/mol. The molecule has 120 valence electrons. The maximum atomic E-state index is 12.1. The Hall–Kier alpha value is -2.12. The zero-order valence-corrected chi connectivity index (χ0v) is 13.0. The molecular weight excluding hydrogens is 276 g/mol. The van der Waals surface area contributed by atoms with Crippen molar-refractivity contribution in [3.63, 3.8) is 0 Å². The number of carbonyl (C=O) groups excluding carboxylic acids is 4. The normalized spacial score (nSPS) is 14.8. The molecule has 8 nitrogen and oxygen atoms in total. The number of nitrogens with one attached hydrogen (secondary N) is 3. The van der Waals surface area contributed by atoms with E-state index in [0.29, 0.717) is 0 Å². The first-order valence-electron chi connectivity index (χ1n) is 6.73. The molecule has 0 saturated heterocycles. The summed E-state index contributed by atoms with van der Waals surface area (Å²) in [6, 6.07) is -2.41. The third-order valence-electron chi connectivity index (χ3n) is 2.85. The van der Waals surface area contributed by atoms with Gasteiger partial charge < -0.3 is 21.7 Å². The van der Waals surface area contributed by atoms with Crippen molar-refractivity contribution in [3.8, 4) is 0 Å². The lowest BCUT2D eigenvalue weighted by Gasteiger charge is -2.23. The van der Waals surface area contributed by atoms with E-state index in [-0.39, 0.29) is 11.8 Å². The van der Waals surface area contributed by atoms with Gasteiger partial charge >= 0.3 is 0 Å². The van der Waals surface area contributed by atoms with Gasteiger partial charge in [-0.15, -0.1) is 0 Å². The van der Waals surface area contributed by atoms with Gasteiger partial charge in [-0.05, 0) is 19.8 Å². The van der Waals surface area contributed by atoms with Crippen molar-refractivity contribution < 1.29 is 19.2 Å². The molecule has 0 bridgehead atoms. The second kappa shape index (κ2) is 8.23. The highest BCUT2D eigenvalue weighted by Gasteiger charge is 2.26. The Morgan fingerprint density at radius 2 is 1.29 bits per heavy atom. The molecule has 0 heterocycles. The van der Waals surface area contributed by atoms with E-state index in [1.165, 1.54) is 20.8 Å². The third-order valence-corrected chi connectivity index (χ3v) is 2.85. The summed E-state index contributed by atoms with van der Waals surface area (Å²) in [5.74, 6) is -2.12. The summed E-state index contributed by atoms with van der Waals surface area (Å²) in [4.78, 5) is 45.8. The van der Waals surface area contributed by atoms with Gasteiger partial charge in [0.25, 0.3) is 0 Å². The van der Waals surface area contributed by atoms with E-state index in [9.17, 15) is 19.2 Å². The first kappa shape index (κ1) is 18.9. The van der Waals surface area contributed by atoms with E-state index in [2.05, 4.69) is 16.0 Å². The maximum Gasteiger partial charge on any atom is 0.243 e. The van der Waals surface area contributed by atoms with Crippen molar-refractivity contribution in [2.24, 2.45) is 11.7 Å². The van der Waals surface area contributed by atoms with Crippen LogP contribution in [0.3, 0.4) is 0 Å². The summed E-state index contributed by atoms with van der Waals surface area (Å²) in [6.45, 7) is 7.79. The summed E-state index contributed by atoms with van der Waals surface area (Å²) < 4.78 is 0. The third kappa shape index (κ3) is 6.73. The SMILES string of the molecule is CC(=O)NC(C(=O)NC(C)C(=O)NC(C)C(N)=O)C(C)C. The number of hydrogen-bond donors (Lipinski definition) is 4. The molecule has 0 saturated carbocycles. The molecule has 3 atom stereocenters. The highest BCUT2D eigenvalue weighted by Crippen LogP contribution is 2.02. The van der Waals surface area contributed by atoms with Gasteiger partial charge in [0.2, 0.25) is 23.6 Å². The van der Waals surface area contributed by atoms with Crippen LogP contribution in [0.1, 0.15) is 34.6 Å². The maximum absolute atomic E-state index is 12.1. The fourth-order valence-electron chi connectivity index (χ4n) is 1.53. The fourth-order valence-corrected chi connectivity index (χ4v) is 1.53. The largest absolute Gasteiger partial charge is 0.368 e. The molecule has 0 aliphatic rings. The lowest BCUT2D eigenvalue weighted by Crippen LogP contribution is -2.55. The number of amides is 4. The topological polar surface area (TPSA) is 130 Å². The molecule has 0 aromatic rings. The van der Waals surface area contributed by atoms with Crippen molar-refractivity contribution in [2.45, 2.75) is 52.7 Å². The minimum absolute atomic E-state index is 0.131. The van der Waals surface area contributed by atoms with Crippen molar-refractivity contribution in [2.75, 3.05) is 0 Å². The average Bonchev–Trinajstić information content (AvgIpc) is 2.34. The van der Waals surface area contributed by atoms with Crippen molar-refractivity contribution in [3.05, 3.63) is 0 Å². The van der Waals surface area contributed by atoms with Gasteiger partial charge in [-0.3, -0.25) is 19.2 Å². The van der Waals surface area contributed by atoms with E-state index < -0.39 is 35.8 Å². The predicted molar refractivity (Wildman–Crippen MR) is 76.8 cm³/mol. The van der Waals surface area contributed by atoms with Crippen LogP contribution in [0.25, 0.3) is 0 Å². The lowest BCUT2D eigenvalue weighted by atomic mass is 10.0. The smallest absolute Gasteiger partial charge is 0.243 e. The molecule has 3 unspecified atom stereocenters. The quantitative estimate of drug-likeness (QED) is 0.462. The molecule has 4 amide bonds. The monoisotopic (exact) mass is 300 g/mol. The lowest BCUT2D eigenvalue weighted by molar-refractivity contribution is -0.133. The van der Waals surface area contributed by atoms with Gasteiger partial charge in [-0.1, -0.05) is 13.8 Å². The Labute approximate surface area is 124 Å². The molecule has 0 aliphatic carbocycles. The van der Waals surface area contributed by atoms with Crippen LogP contribution in [0.5, 0.6) is 0 Å². The van der Waals surface area contributed by atoms with Crippen molar-refractivity contribution in [1.29, 1.82) is 0 Å². The zero-order chi connectivity index (χ0) is 16.7. The predicted octanol–water partition coefficient (Wildman–Crippen LogP) is -1.36. The van der Waals surface area contributed by atoms with Crippen LogP contribution < -0.4 is 21.7 Å². The molecule has 0 rings (SSSR count). The standard InChI is InChI=1S/C13H24N4O4/c1-6(2)10(17-9(5)18)13(21)16-8(4)12(20)15-7(3)11(14)19/h6-8,10H,1-5H3,(H2,14,19)(H,15,20)(H,16,21)(H,17,18). The Morgan fingerprint density at radius 3 is 1.67 bits per heavy atom. The molecule has 0 fully saturated rings. The first-order chi connectivity index (χ1) is 9.56. The highest BCUT2D eigenvalue weighted by atomic mass is 16.2. The van der Waals surface area contributed by atoms with Crippen LogP contribution in [-0.2, 0) is 19.2 Å². The molecular formula is C13H24N4O4. The van der Waals surface area contributed by atoms with Crippen LogP contribution in [-0.4, -0.2) is 41.8 Å². The molecule has 0 radical (unpaired) electrons. The van der Waals surface area contributed by atoms with Gasteiger partial charge in [-0.2, -0.15) is 0 Å². The highest BCUT2D eigenvalue weighted by molar-refractivity contribution is 5.93. The summed E-state index contributed by atoms with van der Waals surface area (Å²) in [7, 11) is 0. The fraction of sp³-hybridized carbons (Fsp3) is 0.692. The van der Waals surface area contributed by atoms with Gasteiger partial charge in [-0.25, -0.2) is 0 Å². The molecule has 0 aliphatic heterocycles. The van der Waals surface area contributed by atoms with E-state index in [1.807, 2.05) is 0 Å². The van der Waals surface area contributed by atoms with E-state index >= 15 is 0 Å². The van der Waals surface area contributed by atoms with Crippen molar-refractivity contribution >= 4 is 23.6 Å². The van der Waals surface area contributed by atoms with E-state index in [4.69, 9.17) is 5.73 Å². The molecule has 8 heteroatoms. The van der Waals surface area contributed by atoms with Gasteiger partial charge in [0.1, 0.15) is 18.1 Å². The number of hydrogen-bond acceptors (Lipinski definition) is 4. The Bertz CT molecular complexity index is 422. The van der Waals surface area contributed by atoms with Crippen LogP contribution in [0.4, 0.5) is 0 Å². The number of nitrogens with two attached hydrogens (primary N) is 1. The summed E-state index contributed by atoms with van der Waals surface area (Å²) in [5, 5.41) is 7.40. The number of primary amides is 1. The van der Waals surface area contributed by atoms with Crippen LogP contribution in [0, 0.1) is 5.92 Å². The van der Waals surface area contributed by atoms with Crippen LogP contribution in [0.15, 0.2) is 0 Å². The second-order valence-electron chi connectivity index (χ2n) is 5.29. The second-order valence-corrected chi connectivity index (χ2v) is 5.29. The summed E-state index contributed by atoms with van der Waals surface area (Å²) >= 11 is 0. The van der Waals surface area contributed by atoms with Crippen molar-refractivity contribution in [1.82, 2.24) is 16.0 Å². The minimum Gasteiger partial charge on any atom is -0.368 e. The Kier molecular flexibility index (Phi) is 7.40. The molecule has 21 heavy (non-hydrogen) atoms. The first-order valence-corrected chi connectivity index (χ1v) is 6.73. The number of rotatable bonds is 7. The van der Waals surface area contributed by atoms with Gasteiger partial charge in [0, 0.05) is 6.92 Å². The minimum atomic E-state index is -0.852. The van der Waals surface area contributed by atoms with Gasteiger partial charge in [0.15, 0.2) is 0 Å². The molecule has 5 N–H and O–H groups in total. The molecule has 0 aromatic carbocycles.